The van der Waals surface area contributed by atoms with Crippen LogP contribution in [0.15, 0.2) is 54.6 Å². The van der Waals surface area contributed by atoms with Crippen LogP contribution >= 0.6 is 11.3 Å². The summed E-state index contributed by atoms with van der Waals surface area (Å²) in [5.74, 6) is 0.195. The molecular weight excluding hydrogens is 398 g/mol. The van der Waals surface area contributed by atoms with Crippen molar-refractivity contribution in [3.63, 3.8) is 0 Å². The number of ketones is 1. The number of hydrogen-bond donors (Lipinski definition) is 2. The maximum absolute atomic E-state index is 12.3. The summed E-state index contributed by atoms with van der Waals surface area (Å²) >= 11 is 1.54. The quantitative estimate of drug-likeness (QED) is 0.574. The smallest absolute Gasteiger partial charge is 0.264 e. The van der Waals surface area contributed by atoms with Crippen LogP contribution in [0.2, 0.25) is 0 Å². The van der Waals surface area contributed by atoms with Crippen molar-refractivity contribution in [2.45, 2.75) is 26.4 Å². The number of fused-ring (bicyclic) bond motifs is 1. The molecule has 4 rings (SSSR count). The van der Waals surface area contributed by atoms with Gasteiger partial charge in [0.15, 0.2) is 17.5 Å². The Morgan fingerprint density at radius 2 is 2.00 bits per heavy atom. The van der Waals surface area contributed by atoms with Crippen LogP contribution in [0.4, 0.5) is 5.13 Å². The number of quaternary nitrogens is 1. The highest BCUT2D eigenvalue weighted by Crippen LogP contribution is 2.24. The van der Waals surface area contributed by atoms with Crippen molar-refractivity contribution in [3.8, 4) is 5.75 Å². The highest BCUT2D eigenvalue weighted by atomic mass is 32.1. The monoisotopic (exact) mass is 422 g/mol. The van der Waals surface area contributed by atoms with Crippen molar-refractivity contribution >= 4 is 28.2 Å². The third-order valence-corrected chi connectivity index (χ3v) is 6.07. The topological polar surface area (TPSA) is 72.7 Å². The zero-order valence-corrected chi connectivity index (χ0v) is 17.6. The first kappa shape index (κ1) is 20.3. The molecule has 154 valence electrons. The molecule has 1 aromatic heterocycles. The number of carbonyl (C=O) groups excluding carboxylic acids is 2. The summed E-state index contributed by atoms with van der Waals surface area (Å²) in [6.45, 7) is 4.32. The Morgan fingerprint density at radius 3 is 2.80 bits per heavy atom. The van der Waals surface area contributed by atoms with Gasteiger partial charge in [-0.05, 0) is 19.1 Å². The minimum Gasteiger partial charge on any atom is -0.484 e. The van der Waals surface area contributed by atoms with Gasteiger partial charge in [-0.1, -0.05) is 53.8 Å². The lowest BCUT2D eigenvalue weighted by Gasteiger charge is -2.22. The standard InChI is InChI=1S/C23H23N3O3S/c1-16(27)18-8-5-9-19(12-18)29-15-22(28)25-23-24-20-10-11-26(14-21(20)30-23)13-17-6-3-2-4-7-17/h2-9,12H,10-11,13-15H2,1H3,(H,24,25,28)/p+1. The molecule has 2 aromatic carbocycles. The molecule has 2 N–H and O–H groups in total. The van der Waals surface area contributed by atoms with Crippen LogP contribution in [0, 0.1) is 0 Å². The zero-order valence-electron chi connectivity index (χ0n) is 16.8. The molecular formula is C23H24N3O3S+. The Morgan fingerprint density at radius 1 is 1.17 bits per heavy atom. The van der Waals surface area contributed by atoms with E-state index < -0.39 is 0 Å². The van der Waals surface area contributed by atoms with E-state index in [-0.39, 0.29) is 18.3 Å². The van der Waals surface area contributed by atoms with E-state index in [4.69, 9.17) is 4.74 Å². The first-order valence-electron chi connectivity index (χ1n) is 9.96. The number of aromatic nitrogens is 1. The van der Waals surface area contributed by atoms with Gasteiger partial charge in [-0.15, -0.1) is 0 Å². The number of Topliss-reactive ketones (excluding diaryl/α,β-unsaturated/α-hetero) is 1. The van der Waals surface area contributed by atoms with Gasteiger partial charge in [0.05, 0.1) is 17.1 Å². The van der Waals surface area contributed by atoms with E-state index >= 15 is 0 Å². The van der Waals surface area contributed by atoms with E-state index in [0.29, 0.717) is 16.4 Å². The van der Waals surface area contributed by atoms with E-state index in [2.05, 4.69) is 34.6 Å². The van der Waals surface area contributed by atoms with E-state index in [0.717, 1.165) is 31.7 Å². The Balaban J connectivity index is 1.31. The molecule has 0 bridgehead atoms. The van der Waals surface area contributed by atoms with Gasteiger partial charge in [0.25, 0.3) is 5.91 Å². The molecule has 1 atom stereocenters. The Bertz CT molecular complexity index is 1050. The number of hydrogen-bond acceptors (Lipinski definition) is 5. The molecule has 1 aliphatic rings. The van der Waals surface area contributed by atoms with Gasteiger partial charge < -0.3 is 9.64 Å². The summed E-state index contributed by atoms with van der Waals surface area (Å²) in [6.07, 6.45) is 0.915. The summed E-state index contributed by atoms with van der Waals surface area (Å²) in [7, 11) is 0. The minimum atomic E-state index is -0.261. The highest BCUT2D eigenvalue weighted by molar-refractivity contribution is 7.15. The molecule has 1 unspecified atom stereocenters. The second-order valence-electron chi connectivity index (χ2n) is 7.40. The maximum Gasteiger partial charge on any atom is 0.264 e. The van der Waals surface area contributed by atoms with Crippen LogP contribution in [-0.4, -0.2) is 29.8 Å². The van der Waals surface area contributed by atoms with Crippen LogP contribution in [0.25, 0.3) is 0 Å². The number of anilines is 1. The number of nitrogens with one attached hydrogen (secondary N) is 2. The van der Waals surface area contributed by atoms with Crippen molar-refractivity contribution < 1.29 is 19.2 Å². The molecule has 1 amide bonds. The number of benzene rings is 2. The number of thiazole rings is 1. The van der Waals surface area contributed by atoms with E-state index in [1.807, 2.05) is 6.07 Å². The maximum atomic E-state index is 12.3. The third kappa shape index (κ3) is 5.11. The van der Waals surface area contributed by atoms with Crippen molar-refractivity contribution in [2.24, 2.45) is 0 Å². The molecule has 0 saturated heterocycles. The normalized spacial score (nSPS) is 15.3. The highest BCUT2D eigenvalue weighted by Gasteiger charge is 2.24. The number of ether oxygens (including phenoxy) is 1. The van der Waals surface area contributed by atoms with Gasteiger partial charge >= 0.3 is 0 Å². The predicted molar refractivity (Wildman–Crippen MR) is 116 cm³/mol. The van der Waals surface area contributed by atoms with Crippen molar-refractivity contribution in [1.29, 1.82) is 0 Å². The molecule has 30 heavy (non-hydrogen) atoms. The summed E-state index contributed by atoms with van der Waals surface area (Å²) in [5, 5.41) is 3.46. The van der Waals surface area contributed by atoms with Gasteiger partial charge in [0.1, 0.15) is 18.8 Å². The number of nitrogens with zero attached hydrogens (tertiary/aromatic N) is 1. The first-order chi connectivity index (χ1) is 14.6. The average molecular weight is 423 g/mol. The lowest BCUT2D eigenvalue weighted by Crippen LogP contribution is -3.10. The van der Waals surface area contributed by atoms with Crippen molar-refractivity contribution in [3.05, 3.63) is 76.3 Å². The second kappa shape index (κ2) is 9.19. The van der Waals surface area contributed by atoms with Crippen LogP contribution < -0.4 is 15.0 Å². The van der Waals surface area contributed by atoms with E-state index in [9.17, 15) is 9.59 Å². The Labute approximate surface area is 179 Å². The first-order valence-corrected chi connectivity index (χ1v) is 10.8. The fourth-order valence-electron chi connectivity index (χ4n) is 3.53. The van der Waals surface area contributed by atoms with Crippen LogP contribution in [0.5, 0.6) is 5.75 Å². The lowest BCUT2D eigenvalue weighted by atomic mass is 10.1. The van der Waals surface area contributed by atoms with Crippen LogP contribution in [0.3, 0.4) is 0 Å². The molecule has 0 aliphatic carbocycles. The molecule has 2 heterocycles. The van der Waals surface area contributed by atoms with Crippen LogP contribution in [-0.2, 0) is 24.3 Å². The fraction of sp³-hybridized carbons (Fsp3) is 0.261. The fourth-order valence-corrected chi connectivity index (χ4v) is 4.62. The van der Waals surface area contributed by atoms with Gasteiger partial charge in [0, 0.05) is 17.5 Å². The average Bonchev–Trinajstić information content (AvgIpc) is 3.14. The predicted octanol–water partition coefficient (Wildman–Crippen LogP) is 2.50. The summed E-state index contributed by atoms with van der Waals surface area (Å²) in [4.78, 5) is 31.1. The molecule has 1 aliphatic heterocycles. The van der Waals surface area contributed by atoms with Gasteiger partial charge in [-0.25, -0.2) is 4.98 Å². The van der Waals surface area contributed by atoms with Crippen molar-refractivity contribution in [2.75, 3.05) is 18.5 Å². The zero-order chi connectivity index (χ0) is 20.9. The molecule has 0 saturated carbocycles. The van der Waals surface area contributed by atoms with Crippen molar-refractivity contribution in [1.82, 2.24) is 4.98 Å². The van der Waals surface area contributed by atoms with Crippen LogP contribution in [0.1, 0.15) is 33.4 Å². The number of amides is 1. The molecule has 0 fully saturated rings. The largest absolute Gasteiger partial charge is 0.484 e. The number of rotatable bonds is 7. The number of carbonyl (C=O) groups is 2. The summed E-state index contributed by atoms with van der Waals surface area (Å²) < 4.78 is 5.52. The summed E-state index contributed by atoms with van der Waals surface area (Å²) in [6, 6.07) is 17.3. The van der Waals surface area contributed by atoms with E-state index in [1.165, 1.54) is 22.3 Å². The van der Waals surface area contributed by atoms with Gasteiger partial charge in [0.2, 0.25) is 0 Å². The van der Waals surface area contributed by atoms with Gasteiger partial charge in [-0.3, -0.25) is 14.9 Å². The molecule has 0 radical (unpaired) electrons. The molecule has 6 nitrogen and oxygen atoms in total. The Kier molecular flexibility index (Phi) is 6.21. The Hall–Kier alpha value is -3.03. The summed E-state index contributed by atoms with van der Waals surface area (Å²) in [5.41, 5.74) is 2.98. The molecule has 7 heteroatoms. The van der Waals surface area contributed by atoms with Gasteiger partial charge in [-0.2, -0.15) is 0 Å². The minimum absolute atomic E-state index is 0.0401. The lowest BCUT2D eigenvalue weighted by molar-refractivity contribution is -0.929. The molecule has 3 aromatic rings. The third-order valence-electron chi connectivity index (χ3n) is 5.06. The SMILES string of the molecule is CC(=O)c1cccc(OCC(=O)Nc2nc3c(s2)C[NH+](Cc2ccccc2)CC3)c1. The van der Waals surface area contributed by atoms with E-state index in [1.54, 1.807) is 35.6 Å². The molecule has 0 spiro atoms. The second-order valence-corrected chi connectivity index (χ2v) is 8.48.